The molecule has 0 bridgehead atoms. The number of aryl methyl sites for hydroxylation is 7. The molecule has 0 amide bonds. The van der Waals surface area contributed by atoms with E-state index in [2.05, 4.69) is 56.3 Å². The van der Waals surface area contributed by atoms with E-state index in [1.807, 2.05) is 69.3 Å². The molecular weight excluding hydrogens is 1020 g/mol. The monoisotopic (exact) mass is 1100 g/mol. The first-order valence-corrected chi connectivity index (χ1v) is 30.2. The number of methoxy groups -OCH3 is 2. The van der Waals surface area contributed by atoms with Crippen molar-refractivity contribution in [2.45, 2.75) is 144 Å². The first-order valence-electron chi connectivity index (χ1n) is 30.2. The molecule has 0 radical (unpaired) electrons. The molecule has 0 spiro atoms. The minimum atomic E-state index is 0.117. The van der Waals surface area contributed by atoms with E-state index in [1.54, 1.807) is 38.5 Å². The lowest BCUT2D eigenvalue weighted by atomic mass is 9.76. The maximum atomic E-state index is 12.4. The van der Waals surface area contributed by atoms with Gasteiger partial charge < -0.3 is 39.4 Å². The topological polar surface area (TPSA) is 118 Å². The minimum absolute atomic E-state index is 0.117. The van der Waals surface area contributed by atoms with Crippen molar-refractivity contribution in [1.82, 2.24) is 0 Å². The van der Waals surface area contributed by atoms with Crippen LogP contribution in [0.4, 0.5) is 0 Å². The summed E-state index contributed by atoms with van der Waals surface area (Å²) in [6.07, 6.45) is 19.1. The molecule has 0 heterocycles. The Bertz CT molecular complexity index is 3540. The number of phenolic OH excluding ortho intramolecular Hbond substituents is 4. The molecule has 12 rings (SSSR count). The van der Waals surface area contributed by atoms with E-state index in [1.165, 1.54) is 107 Å². The number of ether oxygens (including phenoxy) is 4. The quantitative estimate of drug-likeness (QED) is 0.0844. The van der Waals surface area contributed by atoms with E-state index in [0.717, 1.165) is 107 Å². The highest BCUT2D eigenvalue weighted by molar-refractivity contribution is 5.90. The lowest BCUT2D eigenvalue weighted by molar-refractivity contribution is 0.248. The highest BCUT2D eigenvalue weighted by atomic mass is 16.5. The van der Waals surface area contributed by atoms with Crippen molar-refractivity contribution in [2.75, 3.05) is 27.4 Å². The summed E-state index contributed by atoms with van der Waals surface area (Å²) >= 11 is 0. The molecule has 8 nitrogen and oxygen atoms in total. The number of hydrogen-bond acceptors (Lipinski definition) is 8. The number of para-hydroxylation sites is 1. The van der Waals surface area contributed by atoms with E-state index in [4.69, 9.17) is 18.9 Å². The molecule has 0 unspecified atom stereocenters. The second kappa shape index (κ2) is 26.0. The molecule has 0 aromatic heterocycles. The van der Waals surface area contributed by atoms with Gasteiger partial charge in [-0.25, -0.2) is 0 Å². The lowest BCUT2D eigenvalue weighted by Gasteiger charge is -2.28. The van der Waals surface area contributed by atoms with E-state index < -0.39 is 0 Å². The van der Waals surface area contributed by atoms with Gasteiger partial charge in [0.2, 0.25) is 0 Å². The predicted molar refractivity (Wildman–Crippen MR) is 334 cm³/mol. The Morgan fingerprint density at radius 3 is 1.22 bits per heavy atom. The van der Waals surface area contributed by atoms with Crippen molar-refractivity contribution in [3.8, 4) is 102 Å². The van der Waals surface area contributed by atoms with Gasteiger partial charge in [-0.3, -0.25) is 0 Å². The van der Waals surface area contributed by atoms with Gasteiger partial charge in [-0.15, -0.1) is 0 Å². The molecule has 0 atom stereocenters. The molecule has 8 aromatic rings. The van der Waals surface area contributed by atoms with Crippen molar-refractivity contribution in [2.24, 2.45) is 0 Å². The summed E-state index contributed by atoms with van der Waals surface area (Å²) in [4.78, 5) is 0. The normalized spacial score (nSPS) is 14.1. The summed E-state index contributed by atoms with van der Waals surface area (Å²) in [7, 11) is 3.24. The van der Waals surface area contributed by atoms with Crippen LogP contribution >= 0.6 is 0 Å². The third-order valence-electron chi connectivity index (χ3n) is 17.1. The van der Waals surface area contributed by atoms with Gasteiger partial charge in [0.05, 0.1) is 27.4 Å². The van der Waals surface area contributed by atoms with Gasteiger partial charge >= 0.3 is 0 Å². The molecule has 426 valence electrons. The van der Waals surface area contributed by atoms with Crippen LogP contribution in [0.1, 0.15) is 133 Å². The summed E-state index contributed by atoms with van der Waals surface area (Å²) in [5.41, 5.74) is 23.8. The summed E-state index contributed by atoms with van der Waals surface area (Å²) in [5.74, 6) is 3.69. The van der Waals surface area contributed by atoms with Crippen molar-refractivity contribution in [3.05, 3.63) is 176 Å². The summed E-state index contributed by atoms with van der Waals surface area (Å²) in [6.45, 7) is 11.1. The van der Waals surface area contributed by atoms with Crippen LogP contribution in [-0.2, 0) is 51.4 Å². The molecular formula is C74H82O8. The van der Waals surface area contributed by atoms with Crippen molar-refractivity contribution in [1.29, 1.82) is 0 Å². The maximum Gasteiger partial charge on any atom is 0.131 e. The van der Waals surface area contributed by atoms with Crippen molar-refractivity contribution < 1.29 is 39.4 Å². The Morgan fingerprint density at radius 1 is 0.354 bits per heavy atom. The molecule has 0 saturated carbocycles. The standard InChI is InChI=1S/C58H62O5.C14H14O3.C2H6/c1-36-29-49(57(59)51(31-36)55-43-19-8-4-15-38(43)33-39-16-5-9-20-44(39)55)47-23-12-13-24-53(47)62-27-14-28-63-54-26-25-42(61-3)35-48(54)50-30-37(2)32-52(58(50)60)56-45-21-10-6-17-40(45)34-41-18-7-11-22-46(41)56;1-9-3-5-13(15)11(7-9)12-8-10(17-2)4-6-14(12)16;1-2/h12-13,23-26,29-35,59-60H,4-11,14-22,27-28H2,1-3H3;3-8,15-16H,1-2H3;1-2H3. The van der Waals surface area contributed by atoms with Gasteiger partial charge in [-0.05, 0) is 269 Å². The number of benzene rings is 8. The summed E-state index contributed by atoms with van der Waals surface area (Å²) in [6, 6.07) is 37.7. The van der Waals surface area contributed by atoms with Crippen LogP contribution in [0, 0.1) is 20.8 Å². The number of phenols is 4. The van der Waals surface area contributed by atoms with Gasteiger partial charge in [-0.2, -0.15) is 0 Å². The molecule has 8 aromatic carbocycles. The maximum absolute atomic E-state index is 12.4. The molecule has 0 fully saturated rings. The Kier molecular flexibility index (Phi) is 18.2. The zero-order chi connectivity index (χ0) is 57.4. The van der Waals surface area contributed by atoms with Gasteiger partial charge in [0, 0.05) is 50.9 Å². The average Bonchev–Trinajstić information content (AvgIpc) is 2.68. The molecule has 4 aliphatic carbocycles. The first-order chi connectivity index (χ1) is 40.0. The Morgan fingerprint density at radius 2 is 0.732 bits per heavy atom. The molecule has 0 saturated heterocycles. The van der Waals surface area contributed by atoms with Gasteiger partial charge in [0.15, 0.2) is 0 Å². The molecule has 4 aliphatic rings. The third kappa shape index (κ3) is 12.0. The molecule has 8 heteroatoms. The van der Waals surface area contributed by atoms with Crippen LogP contribution in [0.3, 0.4) is 0 Å². The van der Waals surface area contributed by atoms with E-state index in [9.17, 15) is 20.4 Å². The fourth-order valence-corrected chi connectivity index (χ4v) is 13.2. The van der Waals surface area contributed by atoms with Crippen molar-refractivity contribution >= 4 is 0 Å². The number of aromatic hydroxyl groups is 4. The van der Waals surface area contributed by atoms with Crippen LogP contribution in [0.2, 0.25) is 0 Å². The first kappa shape index (κ1) is 57.4. The number of fused-ring (bicyclic) bond motifs is 4. The molecule has 4 N–H and O–H groups in total. The fraction of sp³-hybridized carbons (Fsp3) is 0.351. The van der Waals surface area contributed by atoms with Crippen LogP contribution in [0.5, 0.6) is 46.0 Å². The third-order valence-corrected chi connectivity index (χ3v) is 17.1. The number of rotatable bonds is 13. The summed E-state index contributed by atoms with van der Waals surface area (Å²) in [5, 5.41) is 44.3. The summed E-state index contributed by atoms with van der Waals surface area (Å²) < 4.78 is 23.9. The van der Waals surface area contributed by atoms with E-state index >= 15 is 0 Å². The Hall–Kier alpha value is -7.84. The molecule has 0 aliphatic heterocycles. The smallest absolute Gasteiger partial charge is 0.131 e. The fourth-order valence-electron chi connectivity index (χ4n) is 13.2. The van der Waals surface area contributed by atoms with Crippen LogP contribution < -0.4 is 18.9 Å². The van der Waals surface area contributed by atoms with Crippen molar-refractivity contribution in [3.63, 3.8) is 0 Å². The van der Waals surface area contributed by atoms with Gasteiger partial charge in [0.25, 0.3) is 0 Å². The zero-order valence-electron chi connectivity index (χ0n) is 49.3. The minimum Gasteiger partial charge on any atom is -0.507 e. The highest BCUT2D eigenvalue weighted by Gasteiger charge is 2.29. The van der Waals surface area contributed by atoms with Gasteiger partial charge in [-0.1, -0.05) is 55.8 Å². The highest BCUT2D eigenvalue weighted by Crippen LogP contribution is 2.50. The Labute approximate surface area is 486 Å². The van der Waals surface area contributed by atoms with Crippen LogP contribution in [0.25, 0.3) is 55.6 Å². The van der Waals surface area contributed by atoms with Crippen LogP contribution in [-0.4, -0.2) is 47.9 Å². The van der Waals surface area contributed by atoms with E-state index in [0.29, 0.717) is 59.5 Å². The van der Waals surface area contributed by atoms with Gasteiger partial charge in [0.1, 0.15) is 46.0 Å². The second-order valence-electron chi connectivity index (χ2n) is 22.6. The SMILES string of the molecule is CC.COc1ccc(O)c(-c2cc(C)ccc2O)c1.COc1ccc(OCCCOc2ccccc2-c2cc(C)cc(-c3c4c(cc5c3CCCC5)CCCC4)c2O)c(-c2cc(C)cc(-c3c4c(cc5c3CCCC5)CCCC4)c2O)c1. The molecule has 82 heavy (non-hydrogen) atoms. The average molecular weight is 1100 g/mol. The Balaban J connectivity index is 0.000000337. The zero-order valence-corrected chi connectivity index (χ0v) is 49.3. The number of hydrogen-bond donors (Lipinski definition) is 4. The lowest BCUT2D eigenvalue weighted by Crippen LogP contribution is -2.13. The van der Waals surface area contributed by atoms with E-state index in [-0.39, 0.29) is 11.5 Å². The van der Waals surface area contributed by atoms with Crippen LogP contribution in [0.15, 0.2) is 115 Å². The predicted octanol–water partition coefficient (Wildman–Crippen LogP) is 17.9. The second-order valence-corrected chi connectivity index (χ2v) is 22.6. The largest absolute Gasteiger partial charge is 0.507 e.